The van der Waals surface area contributed by atoms with Crippen molar-refractivity contribution in [3.8, 4) is 0 Å². The van der Waals surface area contributed by atoms with Gasteiger partial charge in [0.15, 0.2) is 0 Å². The maximum Gasteiger partial charge on any atom is 0.408 e. The lowest BCUT2D eigenvalue weighted by atomic mass is 10.0. The summed E-state index contributed by atoms with van der Waals surface area (Å²) >= 11 is 0. The van der Waals surface area contributed by atoms with E-state index in [4.69, 9.17) is 19.9 Å². The molecule has 0 spiro atoms. The Bertz CT molecular complexity index is 983. The number of rotatable bonds is 11. The molecule has 3 N–H and O–H groups in total. The number of alkyl carbamates (subject to hydrolysis) is 1. The molecule has 8 heteroatoms. The van der Waals surface area contributed by atoms with Crippen molar-refractivity contribution in [2.75, 3.05) is 0 Å². The predicted octanol–water partition coefficient (Wildman–Crippen LogP) is 4.28. The van der Waals surface area contributed by atoms with Crippen molar-refractivity contribution in [2.45, 2.75) is 78.4 Å². The van der Waals surface area contributed by atoms with E-state index in [0.717, 1.165) is 16.7 Å². The highest BCUT2D eigenvalue weighted by atomic mass is 16.6. The number of nitrogens with one attached hydrogen (secondary N) is 1. The summed E-state index contributed by atoms with van der Waals surface area (Å²) in [7, 11) is 0. The maximum absolute atomic E-state index is 12.6. The standard InChI is InChI=1S/C28H38N2O6/c1-19(2)15-24(30-27(33)36-28(3,4)5)26(32)35-18-22-13-11-20(12-14-22)16-23(29)25(31)34-17-21-9-7-6-8-10-21/h6-14,19,23-24H,15-18,29H2,1-5H3,(H,30,33)/t23-,24-/m0/s1. The van der Waals surface area contributed by atoms with Gasteiger partial charge in [0.1, 0.15) is 30.9 Å². The second kappa shape index (κ2) is 13.6. The first-order valence-electron chi connectivity index (χ1n) is 12.1. The number of ether oxygens (including phenoxy) is 3. The van der Waals surface area contributed by atoms with E-state index >= 15 is 0 Å². The summed E-state index contributed by atoms with van der Waals surface area (Å²) < 4.78 is 16.0. The van der Waals surface area contributed by atoms with Gasteiger partial charge in [0.05, 0.1) is 0 Å². The number of carbonyl (C=O) groups is 3. The van der Waals surface area contributed by atoms with Gasteiger partial charge in [-0.05, 0) is 56.2 Å². The molecule has 36 heavy (non-hydrogen) atoms. The molecule has 0 saturated carbocycles. The van der Waals surface area contributed by atoms with Crippen molar-refractivity contribution >= 4 is 18.0 Å². The van der Waals surface area contributed by atoms with Crippen LogP contribution in [0.3, 0.4) is 0 Å². The van der Waals surface area contributed by atoms with Gasteiger partial charge >= 0.3 is 18.0 Å². The molecular formula is C28H38N2O6. The van der Waals surface area contributed by atoms with Crippen LogP contribution in [-0.2, 0) is 43.4 Å². The molecule has 8 nitrogen and oxygen atoms in total. The van der Waals surface area contributed by atoms with Crippen molar-refractivity contribution in [1.82, 2.24) is 5.32 Å². The first kappa shape index (κ1) is 28.8. The third-order valence-electron chi connectivity index (χ3n) is 5.07. The number of nitrogens with two attached hydrogens (primary N) is 1. The Balaban J connectivity index is 1.84. The van der Waals surface area contributed by atoms with E-state index in [0.29, 0.717) is 12.8 Å². The first-order chi connectivity index (χ1) is 16.9. The quantitative estimate of drug-likeness (QED) is 0.351. The fourth-order valence-corrected chi connectivity index (χ4v) is 3.33. The lowest BCUT2D eigenvalue weighted by Gasteiger charge is -2.23. The number of carbonyl (C=O) groups excluding carboxylic acids is 3. The third kappa shape index (κ3) is 10.9. The summed E-state index contributed by atoms with van der Waals surface area (Å²) in [5.41, 5.74) is 7.87. The Labute approximate surface area is 213 Å². The summed E-state index contributed by atoms with van der Waals surface area (Å²) in [6.45, 7) is 9.41. The zero-order valence-corrected chi connectivity index (χ0v) is 21.8. The minimum Gasteiger partial charge on any atom is -0.460 e. The smallest absolute Gasteiger partial charge is 0.408 e. The molecule has 0 aliphatic carbocycles. The normalized spacial score (nSPS) is 13.0. The van der Waals surface area contributed by atoms with Gasteiger partial charge in [0, 0.05) is 0 Å². The summed E-state index contributed by atoms with van der Waals surface area (Å²) in [6, 6.07) is 15.1. The van der Waals surface area contributed by atoms with Gasteiger partial charge in [0.25, 0.3) is 0 Å². The molecule has 196 valence electrons. The van der Waals surface area contributed by atoms with Crippen molar-refractivity contribution in [2.24, 2.45) is 11.7 Å². The van der Waals surface area contributed by atoms with Crippen LogP contribution in [0.2, 0.25) is 0 Å². The van der Waals surface area contributed by atoms with Crippen molar-refractivity contribution in [1.29, 1.82) is 0 Å². The number of amides is 1. The van der Waals surface area contributed by atoms with E-state index in [1.54, 1.807) is 20.8 Å². The van der Waals surface area contributed by atoms with E-state index in [9.17, 15) is 14.4 Å². The predicted molar refractivity (Wildman–Crippen MR) is 137 cm³/mol. The van der Waals surface area contributed by atoms with Crippen LogP contribution in [0.4, 0.5) is 4.79 Å². The van der Waals surface area contributed by atoms with E-state index in [-0.39, 0.29) is 19.1 Å². The van der Waals surface area contributed by atoms with Crippen molar-refractivity contribution in [3.05, 3.63) is 71.3 Å². The SMILES string of the molecule is CC(C)C[C@H](NC(=O)OC(C)(C)C)C(=O)OCc1ccc(C[C@H](N)C(=O)OCc2ccccc2)cc1. The van der Waals surface area contributed by atoms with Crippen LogP contribution in [0.15, 0.2) is 54.6 Å². The Morgan fingerprint density at radius 2 is 1.36 bits per heavy atom. The fourth-order valence-electron chi connectivity index (χ4n) is 3.33. The molecule has 2 rings (SSSR count). The molecule has 0 radical (unpaired) electrons. The van der Waals surface area contributed by atoms with Crippen molar-refractivity contribution < 1.29 is 28.6 Å². The minimum atomic E-state index is -0.806. The fraction of sp³-hybridized carbons (Fsp3) is 0.464. The van der Waals surface area contributed by atoms with Gasteiger partial charge in [-0.15, -0.1) is 0 Å². The van der Waals surface area contributed by atoms with Crippen LogP contribution in [-0.4, -0.2) is 35.7 Å². The van der Waals surface area contributed by atoms with Gasteiger partial charge in [-0.25, -0.2) is 9.59 Å². The van der Waals surface area contributed by atoms with E-state index < -0.39 is 35.7 Å². The average molecular weight is 499 g/mol. The molecule has 0 bridgehead atoms. The number of hydrogen-bond donors (Lipinski definition) is 2. The molecule has 0 fully saturated rings. The summed E-state index contributed by atoms with van der Waals surface area (Å²) in [5.74, 6) is -0.826. The lowest BCUT2D eigenvalue weighted by Crippen LogP contribution is -2.44. The largest absolute Gasteiger partial charge is 0.460 e. The molecule has 0 saturated heterocycles. The molecular weight excluding hydrogens is 460 g/mol. The summed E-state index contributed by atoms with van der Waals surface area (Å²) in [5, 5.41) is 2.61. The van der Waals surface area contributed by atoms with Gasteiger partial charge in [0.2, 0.25) is 0 Å². The molecule has 2 aromatic carbocycles. The second-order valence-corrected chi connectivity index (χ2v) is 10.2. The zero-order valence-electron chi connectivity index (χ0n) is 21.8. The number of hydrogen-bond acceptors (Lipinski definition) is 7. The number of esters is 2. The van der Waals surface area contributed by atoms with E-state index in [2.05, 4.69) is 5.32 Å². The van der Waals surface area contributed by atoms with Crippen LogP contribution in [0, 0.1) is 5.92 Å². The molecule has 0 aromatic heterocycles. The second-order valence-electron chi connectivity index (χ2n) is 10.2. The highest BCUT2D eigenvalue weighted by Gasteiger charge is 2.26. The van der Waals surface area contributed by atoms with Gasteiger partial charge < -0.3 is 25.3 Å². The average Bonchev–Trinajstić information content (AvgIpc) is 2.80. The highest BCUT2D eigenvalue weighted by molar-refractivity contribution is 5.81. The third-order valence-corrected chi connectivity index (χ3v) is 5.07. The lowest BCUT2D eigenvalue weighted by molar-refractivity contribution is -0.148. The van der Waals surface area contributed by atoms with Crippen molar-refractivity contribution in [3.63, 3.8) is 0 Å². The molecule has 0 aliphatic rings. The van der Waals surface area contributed by atoms with Gasteiger partial charge in [-0.1, -0.05) is 68.4 Å². The highest BCUT2D eigenvalue weighted by Crippen LogP contribution is 2.13. The maximum atomic E-state index is 12.6. The minimum absolute atomic E-state index is 0.0505. The molecule has 0 aliphatic heterocycles. The topological polar surface area (TPSA) is 117 Å². The number of benzene rings is 2. The van der Waals surface area contributed by atoms with Gasteiger partial charge in [-0.2, -0.15) is 0 Å². The van der Waals surface area contributed by atoms with Crippen LogP contribution < -0.4 is 11.1 Å². The van der Waals surface area contributed by atoms with Crippen LogP contribution >= 0.6 is 0 Å². The van der Waals surface area contributed by atoms with Crippen LogP contribution in [0.5, 0.6) is 0 Å². The molecule has 0 unspecified atom stereocenters. The monoisotopic (exact) mass is 498 g/mol. The van der Waals surface area contributed by atoms with Gasteiger partial charge in [-0.3, -0.25) is 4.79 Å². The van der Waals surface area contributed by atoms with E-state index in [1.165, 1.54) is 0 Å². The molecule has 2 atom stereocenters. The zero-order chi connectivity index (χ0) is 26.7. The Morgan fingerprint density at radius 3 is 1.92 bits per heavy atom. The molecule has 1 amide bonds. The van der Waals surface area contributed by atoms with E-state index in [1.807, 2.05) is 68.4 Å². The Morgan fingerprint density at radius 1 is 0.833 bits per heavy atom. The van der Waals surface area contributed by atoms with Crippen LogP contribution in [0.25, 0.3) is 0 Å². The Hall–Kier alpha value is -3.39. The van der Waals surface area contributed by atoms with Crippen LogP contribution in [0.1, 0.15) is 57.7 Å². The molecule has 0 heterocycles. The molecule has 2 aromatic rings. The summed E-state index contributed by atoms with van der Waals surface area (Å²) in [6.07, 6.45) is 0.0901. The summed E-state index contributed by atoms with van der Waals surface area (Å²) in [4.78, 5) is 37.0. The Kier molecular flexibility index (Phi) is 10.9. The first-order valence-corrected chi connectivity index (χ1v) is 12.1.